The fourth-order valence-corrected chi connectivity index (χ4v) is 2.91. The third kappa shape index (κ3) is 3.13. The maximum absolute atomic E-state index is 12.0. The van der Waals surface area contributed by atoms with Gasteiger partial charge in [-0.15, -0.1) is 0 Å². The van der Waals surface area contributed by atoms with Crippen molar-refractivity contribution in [3.63, 3.8) is 0 Å². The van der Waals surface area contributed by atoms with Crippen molar-refractivity contribution in [2.24, 2.45) is 5.73 Å². The Labute approximate surface area is 151 Å². The van der Waals surface area contributed by atoms with Crippen LogP contribution in [0.5, 0.6) is 0 Å². The first-order valence-electron chi connectivity index (χ1n) is 8.33. The van der Waals surface area contributed by atoms with Crippen molar-refractivity contribution in [3.8, 4) is 11.1 Å². The summed E-state index contributed by atoms with van der Waals surface area (Å²) in [6.45, 7) is 0. The minimum atomic E-state index is -0.517. The summed E-state index contributed by atoms with van der Waals surface area (Å²) < 4.78 is 0. The van der Waals surface area contributed by atoms with Crippen LogP contribution in [0.1, 0.15) is 11.4 Å². The second-order valence-corrected chi connectivity index (χ2v) is 6.01. The number of carbonyl (C=O) groups is 1. The van der Waals surface area contributed by atoms with Gasteiger partial charge >= 0.3 is 0 Å². The number of nitrogens with one attached hydrogen (secondary N) is 1. The van der Waals surface area contributed by atoms with E-state index < -0.39 is 5.91 Å². The lowest BCUT2D eigenvalue weighted by atomic mass is 10.0. The fourth-order valence-electron chi connectivity index (χ4n) is 2.91. The first kappa shape index (κ1) is 15.8. The molecule has 0 spiro atoms. The van der Waals surface area contributed by atoms with Gasteiger partial charge in [0.1, 0.15) is 5.82 Å². The number of nitrogens with two attached hydrogens (primary N) is 1. The molecule has 0 atom stereocenters. The SMILES string of the molecule is NC(=O)/C(=C/c1ccc(-c2ccccc2)cc1)c1nc2ccccc2[nH]1. The molecule has 0 bridgehead atoms. The molecule has 126 valence electrons. The van der Waals surface area contributed by atoms with Crippen molar-refractivity contribution in [1.82, 2.24) is 9.97 Å². The van der Waals surface area contributed by atoms with Gasteiger partial charge < -0.3 is 10.7 Å². The molecule has 4 heteroatoms. The number of aromatic amines is 1. The van der Waals surface area contributed by atoms with Gasteiger partial charge in [0.2, 0.25) is 0 Å². The van der Waals surface area contributed by atoms with Crippen LogP contribution >= 0.6 is 0 Å². The molecular formula is C22H17N3O. The van der Waals surface area contributed by atoms with E-state index in [0.717, 1.165) is 27.7 Å². The third-order valence-electron chi connectivity index (χ3n) is 4.24. The van der Waals surface area contributed by atoms with Crippen molar-refractivity contribution in [1.29, 1.82) is 0 Å². The molecule has 4 aromatic rings. The summed E-state index contributed by atoms with van der Waals surface area (Å²) in [5, 5.41) is 0. The lowest BCUT2D eigenvalue weighted by Crippen LogP contribution is -2.13. The van der Waals surface area contributed by atoms with E-state index >= 15 is 0 Å². The van der Waals surface area contributed by atoms with Gasteiger partial charge in [0.15, 0.2) is 0 Å². The van der Waals surface area contributed by atoms with Gasteiger partial charge in [0.05, 0.1) is 16.6 Å². The summed E-state index contributed by atoms with van der Waals surface area (Å²) in [4.78, 5) is 19.6. The topological polar surface area (TPSA) is 71.8 Å². The van der Waals surface area contributed by atoms with Gasteiger partial charge in [0, 0.05) is 0 Å². The predicted octanol–water partition coefficient (Wildman–Crippen LogP) is 4.26. The molecule has 3 N–H and O–H groups in total. The minimum absolute atomic E-state index is 0.355. The van der Waals surface area contributed by atoms with Gasteiger partial charge in [-0.05, 0) is 34.9 Å². The number of benzene rings is 3. The summed E-state index contributed by atoms with van der Waals surface area (Å²) in [5.74, 6) is -0.0398. The second kappa shape index (κ2) is 6.69. The molecule has 0 aliphatic rings. The molecule has 0 saturated heterocycles. The monoisotopic (exact) mass is 339 g/mol. The highest BCUT2D eigenvalue weighted by Crippen LogP contribution is 2.22. The maximum atomic E-state index is 12.0. The average molecular weight is 339 g/mol. The number of H-pyrrole nitrogens is 1. The van der Waals surface area contributed by atoms with Crippen LogP contribution in [0, 0.1) is 0 Å². The smallest absolute Gasteiger partial charge is 0.252 e. The molecule has 4 nitrogen and oxygen atoms in total. The number of hydrogen-bond donors (Lipinski definition) is 2. The van der Waals surface area contributed by atoms with Gasteiger partial charge in [0.25, 0.3) is 5.91 Å². The van der Waals surface area contributed by atoms with Crippen LogP contribution in [-0.4, -0.2) is 15.9 Å². The van der Waals surface area contributed by atoms with Crippen LogP contribution in [0.15, 0.2) is 78.9 Å². The normalized spacial score (nSPS) is 11.6. The van der Waals surface area contributed by atoms with Crippen molar-refractivity contribution in [2.45, 2.75) is 0 Å². The van der Waals surface area contributed by atoms with Gasteiger partial charge in [-0.1, -0.05) is 66.7 Å². The van der Waals surface area contributed by atoms with Crippen LogP contribution in [0.2, 0.25) is 0 Å². The highest BCUT2D eigenvalue weighted by molar-refractivity contribution is 6.22. The molecule has 0 saturated carbocycles. The molecule has 26 heavy (non-hydrogen) atoms. The summed E-state index contributed by atoms with van der Waals surface area (Å²) in [7, 11) is 0. The summed E-state index contributed by atoms with van der Waals surface area (Å²) in [6, 6.07) is 25.8. The van der Waals surface area contributed by atoms with E-state index in [1.54, 1.807) is 6.08 Å². The molecule has 0 unspecified atom stereocenters. The van der Waals surface area contributed by atoms with E-state index in [1.807, 2.05) is 66.7 Å². The third-order valence-corrected chi connectivity index (χ3v) is 4.24. The van der Waals surface area contributed by atoms with Crippen molar-refractivity contribution in [3.05, 3.63) is 90.3 Å². The average Bonchev–Trinajstić information content (AvgIpc) is 3.11. The second-order valence-electron chi connectivity index (χ2n) is 6.01. The Hall–Kier alpha value is -3.66. The van der Waals surface area contributed by atoms with E-state index in [1.165, 1.54) is 0 Å². The van der Waals surface area contributed by atoms with Crippen LogP contribution in [0.25, 0.3) is 33.8 Å². The summed E-state index contributed by atoms with van der Waals surface area (Å²) >= 11 is 0. The number of amides is 1. The number of carbonyl (C=O) groups excluding carboxylic acids is 1. The number of rotatable bonds is 4. The first-order chi connectivity index (χ1) is 12.7. The number of imidazole rings is 1. The van der Waals surface area contributed by atoms with Gasteiger partial charge in [-0.3, -0.25) is 4.79 Å². The number of aromatic nitrogens is 2. The zero-order valence-corrected chi connectivity index (χ0v) is 14.0. The largest absolute Gasteiger partial charge is 0.365 e. The Kier molecular flexibility index (Phi) is 4.07. The molecule has 0 radical (unpaired) electrons. The highest BCUT2D eigenvalue weighted by atomic mass is 16.1. The van der Waals surface area contributed by atoms with Crippen molar-refractivity contribution >= 4 is 28.6 Å². The number of nitrogens with zero attached hydrogens (tertiary/aromatic N) is 1. The van der Waals surface area contributed by atoms with Crippen LogP contribution < -0.4 is 5.73 Å². The van der Waals surface area contributed by atoms with Crippen LogP contribution in [0.4, 0.5) is 0 Å². The number of primary amides is 1. The standard InChI is InChI=1S/C22H17N3O/c23-21(26)18(22-24-19-8-4-5-9-20(19)25-22)14-15-10-12-17(13-11-15)16-6-2-1-3-7-16/h1-14H,(H2,23,26)(H,24,25)/b18-14-. The predicted molar refractivity (Wildman–Crippen MR) is 105 cm³/mol. The number of fused-ring (bicyclic) bond motifs is 1. The van der Waals surface area contributed by atoms with E-state index in [-0.39, 0.29) is 0 Å². The highest BCUT2D eigenvalue weighted by Gasteiger charge is 2.13. The van der Waals surface area contributed by atoms with E-state index in [9.17, 15) is 4.79 Å². The van der Waals surface area contributed by atoms with Gasteiger partial charge in [-0.25, -0.2) is 4.98 Å². The molecule has 0 aliphatic heterocycles. The quantitative estimate of drug-likeness (QED) is 0.545. The molecule has 1 amide bonds. The van der Waals surface area contributed by atoms with E-state index in [0.29, 0.717) is 11.4 Å². The molecule has 0 aliphatic carbocycles. The van der Waals surface area contributed by atoms with Crippen molar-refractivity contribution < 1.29 is 4.79 Å². The molecule has 0 fully saturated rings. The summed E-state index contributed by atoms with van der Waals surface area (Å²) in [6.07, 6.45) is 1.76. The van der Waals surface area contributed by atoms with Crippen LogP contribution in [0.3, 0.4) is 0 Å². The molecule has 3 aromatic carbocycles. The fraction of sp³-hybridized carbons (Fsp3) is 0. The van der Waals surface area contributed by atoms with Crippen molar-refractivity contribution in [2.75, 3.05) is 0 Å². The molecule has 1 aromatic heterocycles. The lowest BCUT2D eigenvalue weighted by Gasteiger charge is -2.03. The minimum Gasteiger partial charge on any atom is -0.365 e. The zero-order chi connectivity index (χ0) is 17.9. The van der Waals surface area contributed by atoms with E-state index in [4.69, 9.17) is 5.73 Å². The number of para-hydroxylation sites is 2. The zero-order valence-electron chi connectivity index (χ0n) is 14.0. The van der Waals surface area contributed by atoms with E-state index in [2.05, 4.69) is 22.1 Å². The summed E-state index contributed by atoms with van der Waals surface area (Å²) in [5.41, 5.74) is 10.8. The lowest BCUT2D eigenvalue weighted by molar-refractivity contribution is -0.112. The first-order valence-corrected chi connectivity index (χ1v) is 8.33. The Morgan fingerprint density at radius 2 is 1.50 bits per heavy atom. The van der Waals surface area contributed by atoms with Gasteiger partial charge in [-0.2, -0.15) is 0 Å². The Balaban J connectivity index is 1.70. The molecular weight excluding hydrogens is 322 g/mol. The molecule has 1 heterocycles. The Morgan fingerprint density at radius 3 is 2.19 bits per heavy atom. The Morgan fingerprint density at radius 1 is 0.846 bits per heavy atom. The number of hydrogen-bond acceptors (Lipinski definition) is 2. The maximum Gasteiger partial charge on any atom is 0.252 e. The molecule has 4 rings (SSSR count). The van der Waals surface area contributed by atoms with Crippen LogP contribution in [-0.2, 0) is 4.79 Å². The Bertz CT molecular complexity index is 1060.